The molecule has 14 heavy (non-hydrogen) atoms. The van der Waals surface area contributed by atoms with Crippen LogP contribution in [0.3, 0.4) is 0 Å². The van der Waals surface area contributed by atoms with E-state index in [2.05, 4.69) is 0 Å². The van der Waals surface area contributed by atoms with E-state index in [1.165, 1.54) is 12.1 Å². The first kappa shape index (κ1) is 10.4. The minimum absolute atomic E-state index is 0.157. The lowest BCUT2D eigenvalue weighted by molar-refractivity contribution is 0.0696. The molecule has 1 aromatic rings. The molecule has 1 rings (SSSR count). The van der Waals surface area contributed by atoms with Gasteiger partial charge in [-0.15, -0.1) is 0 Å². The van der Waals surface area contributed by atoms with Crippen molar-refractivity contribution in [3.63, 3.8) is 0 Å². The Hall–Kier alpha value is -1.64. The van der Waals surface area contributed by atoms with E-state index in [0.29, 0.717) is 12.0 Å². The van der Waals surface area contributed by atoms with Crippen LogP contribution in [-0.4, -0.2) is 11.1 Å². The summed E-state index contributed by atoms with van der Waals surface area (Å²) in [7, 11) is 0. The van der Waals surface area contributed by atoms with Gasteiger partial charge in [0.05, 0.1) is 5.56 Å². The fourth-order valence-electron chi connectivity index (χ4n) is 1.18. The molecule has 0 aromatic heterocycles. The van der Waals surface area contributed by atoms with E-state index < -0.39 is 11.8 Å². The van der Waals surface area contributed by atoms with E-state index in [9.17, 15) is 9.18 Å². The molecule has 74 valence electrons. The van der Waals surface area contributed by atoms with Crippen molar-refractivity contribution < 1.29 is 14.3 Å². The fourth-order valence-corrected chi connectivity index (χ4v) is 1.18. The zero-order valence-corrected chi connectivity index (χ0v) is 7.83. The van der Waals surface area contributed by atoms with Crippen molar-refractivity contribution >= 4 is 5.97 Å². The average molecular weight is 194 g/mol. The first-order valence-corrected chi connectivity index (χ1v) is 4.28. The third-order valence-corrected chi connectivity index (χ3v) is 1.87. The number of hydrogen-bond acceptors (Lipinski definition) is 1. The van der Waals surface area contributed by atoms with Crippen LogP contribution in [0.5, 0.6) is 0 Å². The first-order valence-electron chi connectivity index (χ1n) is 4.28. The summed E-state index contributed by atoms with van der Waals surface area (Å²) in [5, 5.41) is 8.81. The van der Waals surface area contributed by atoms with Crippen molar-refractivity contribution in [1.82, 2.24) is 0 Å². The number of halogens is 1. The normalized spacial score (nSPS) is 10.7. The molecule has 1 aromatic carbocycles. The van der Waals surface area contributed by atoms with E-state index in [-0.39, 0.29) is 5.56 Å². The number of carboxylic acid groups (broad SMARTS) is 1. The molecule has 0 fully saturated rings. The molecule has 0 amide bonds. The van der Waals surface area contributed by atoms with Crippen LogP contribution >= 0.6 is 0 Å². The zero-order valence-electron chi connectivity index (χ0n) is 7.83. The largest absolute Gasteiger partial charge is 0.478 e. The molecule has 0 unspecified atom stereocenters. The second-order valence-corrected chi connectivity index (χ2v) is 2.88. The summed E-state index contributed by atoms with van der Waals surface area (Å²) in [6.07, 6.45) is 4.04. The van der Waals surface area contributed by atoms with Gasteiger partial charge in [-0.05, 0) is 37.1 Å². The lowest BCUT2D eigenvalue weighted by atomic mass is 10.0. The number of benzene rings is 1. The van der Waals surface area contributed by atoms with E-state index in [1.54, 1.807) is 12.2 Å². The topological polar surface area (TPSA) is 37.3 Å². The summed E-state index contributed by atoms with van der Waals surface area (Å²) in [5.41, 5.74) is 0.653. The van der Waals surface area contributed by atoms with E-state index >= 15 is 0 Å². The molecule has 0 heterocycles. The van der Waals surface area contributed by atoms with Gasteiger partial charge in [-0.2, -0.15) is 0 Å². The molecule has 0 saturated carbocycles. The molecule has 0 aliphatic rings. The minimum Gasteiger partial charge on any atom is -0.478 e. The Morgan fingerprint density at radius 1 is 1.57 bits per heavy atom. The predicted molar refractivity (Wildman–Crippen MR) is 51.9 cm³/mol. The number of allylic oxidation sites excluding steroid dienone is 2. The van der Waals surface area contributed by atoms with Crippen LogP contribution in [0.25, 0.3) is 0 Å². The van der Waals surface area contributed by atoms with Gasteiger partial charge in [0.2, 0.25) is 0 Å². The third kappa shape index (κ3) is 2.42. The summed E-state index contributed by atoms with van der Waals surface area (Å²) in [4.78, 5) is 10.7. The van der Waals surface area contributed by atoms with Gasteiger partial charge in [-0.3, -0.25) is 0 Å². The quantitative estimate of drug-likeness (QED) is 0.751. The molecular weight excluding hydrogens is 183 g/mol. The van der Waals surface area contributed by atoms with Gasteiger partial charge in [0, 0.05) is 0 Å². The second-order valence-electron chi connectivity index (χ2n) is 2.88. The minimum atomic E-state index is -1.02. The molecular formula is C11H11FO2. The zero-order chi connectivity index (χ0) is 10.6. The molecule has 0 bridgehead atoms. The molecule has 1 N–H and O–H groups in total. The monoisotopic (exact) mass is 194 g/mol. The van der Waals surface area contributed by atoms with Crippen molar-refractivity contribution in [1.29, 1.82) is 0 Å². The maximum atomic E-state index is 12.8. The Kier molecular flexibility index (Phi) is 3.40. The van der Waals surface area contributed by atoms with Gasteiger partial charge in [0.1, 0.15) is 5.82 Å². The molecule has 0 aliphatic carbocycles. The highest BCUT2D eigenvalue weighted by Crippen LogP contribution is 2.12. The highest BCUT2D eigenvalue weighted by Gasteiger charge is 2.09. The molecule has 0 radical (unpaired) electrons. The first-order chi connectivity index (χ1) is 6.65. The molecule has 0 saturated heterocycles. The Bertz CT molecular complexity index is 370. The van der Waals surface area contributed by atoms with Gasteiger partial charge < -0.3 is 5.11 Å². The van der Waals surface area contributed by atoms with Crippen LogP contribution in [0.1, 0.15) is 22.8 Å². The van der Waals surface area contributed by atoms with Crippen molar-refractivity contribution in [3.05, 3.63) is 47.3 Å². The second kappa shape index (κ2) is 4.56. The maximum absolute atomic E-state index is 12.8. The molecule has 0 aliphatic heterocycles. The van der Waals surface area contributed by atoms with Crippen LogP contribution in [0.4, 0.5) is 4.39 Å². The Labute approximate surface area is 81.7 Å². The summed E-state index contributed by atoms with van der Waals surface area (Å²) in [6.45, 7) is 1.83. The Morgan fingerprint density at radius 2 is 2.29 bits per heavy atom. The van der Waals surface area contributed by atoms with Crippen LogP contribution in [0, 0.1) is 5.82 Å². The van der Waals surface area contributed by atoms with Gasteiger partial charge in [-0.25, -0.2) is 9.18 Å². The van der Waals surface area contributed by atoms with Gasteiger partial charge in [0.25, 0.3) is 0 Å². The van der Waals surface area contributed by atoms with E-state index in [4.69, 9.17) is 5.11 Å². The van der Waals surface area contributed by atoms with Gasteiger partial charge in [0.15, 0.2) is 0 Å². The average Bonchev–Trinajstić information content (AvgIpc) is 2.14. The van der Waals surface area contributed by atoms with Gasteiger partial charge >= 0.3 is 5.97 Å². The van der Waals surface area contributed by atoms with Crippen molar-refractivity contribution in [3.8, 4) is 0 Å². The summed E-state index contributed by atoms with van der Waals surface area (Å²) in [5.74, 6) is -1.43. The SMILES string of the molecule is CC=CCc1cc(F)ccc1C(=O)O. The number of hydrogen-bond donors (Lipinski definition) is 1. The molecule has 2 nitrogen and oxygen atoms in total. The predicted octanol–water partition coefficient (Wildman–Crippen LogP) is 2.64. The molecule has 0 atom stereocenters. The standard InChI is InChI=1S/C11H11FO2/c1-2-3-4-8-7-9(12)5-6-10(8)11(13)14/h2-3,5-7H,4H2,1H3,(H,13,14). The summed E-state index contributed by atoms with van der Waals surface area (Å²) >= 11 is 0. The van der Waals surface area contributed by atoms with Crippen LogP contribution < -0.4 is 0 Å². The van der Waals surface area contributed by atoms with E-state index in [0.717, 1.165) is 6.07 Å². The van der Waals surface area contributed by atoms with Crippen LogP contribution in [0.15, 0.2) is 30.4 Å². The summed E-state index contributed by atoms with van der Waals surface area (Å²) < 4.78 is 12.8. The third-order valence-electron chi connectivity index (χ3n) is 1.87. The maximum Gasteiger partial charge on any atom is 0.335 e. The lowest BCUT2D eigenvalue weighted by Crippen LogP contribution is -2.02. The highest BCUT2D eigenvalue weighted by atomic mass is 19.1. The Morgan fingerprint density at radius 3 is 2.86 bits per heavy atom. The Balaban J connectivity index is 3.09. The van der Waals surface area contributed by atoms with Crippen LogP contribution in [-0.2, 0) is 6.42 Å². The molecule has 0 spiro atoms. The lowest BCUT2D eigenvalue weighted by Gasteiger charge is -2.02. The number of rotatable bonds is 3. The van der Waals surface area contributed by atoms with Crippen molar-refractivity contribution in [2.24, 2.45) is 0 Å². The van der Waals surface area contributed by atoms with Crippen LogP contribution in [0.2, 0.25) is 0 Å². The molecule has 3 heteroatoms. The van der Waals surface area contributed by atoms with E-state index in [1.807, 2.05) is 6.92 Å². The number of aromatic carboxylic acids is 1. The van der Waals surface area contributed by atoms with Crippen molar-refractivity contribution in [2.45, 2.75) is 13.3 Å². The van der Waals surface area contributed by atoms with Crippen molar-refractivity contribution in [2.75, 3.05) is 0 Å². The number of carboxylic acids is 1. The number of carbonyl (C=O) groups is 1. The fraction of sp³-hybridized carbons (Fsp3) is 0.182. The summed E-state index contributed by atoms with van der Waals surface area (Å²) in [6, 6.07) is 3.70. The smallest absolute Gasteiger partial charge is 0.335 e. The highest BCUT2D eigenvalue weighted by molar-refractivity contribution is 5.89. The van der Waals surface area contributed by atoms with Gasteiger partial charge in [-0.1, -0.05) is 12.2 Å².